The van der Waals surface area contributed by atoms with Crippen LogP contribution in [0.3, 0.4) is 0 Å². The highest BCUT2D eigenvalue weighted by Crippen LogP contribution is 2.13. The van der Waals surface area contributed by atoms with Crippen LogP contribution in [-0.2, 0) is 0 Å². The maximum Gasteiger partial charge on any atom is 0.0937 e. The summed E-state index contributed by atoms with van der Waals surface area (Å²) in [7, 11) is 0. The van der Waals surface area contributed by atoms with Gasteiger partial charge in [0.05, 0.1) is 11.2 Å². The summed E-state index contributed by atoms with van der Waals surface area (Å²) in [5, 5.41) is 4.56. The zero-order valence-corrected chi connectivity index (χ0v) is 7.51. The molecule has 0 saturated heterocycles. The SMILES string of the molecule is Cc1ccc(N(C=S)N=N)cc1. The summed E-state index contributed by atoms with van der Waals surface area (Å²) in [6.45, 7) is 2.00. The lowest BCUT2D eigenvalue weighted by molar-refractivity contribution is 0.963. The molecule has 12 heavy (non-hydrogen) atoms. The van der Waals surface area contributed by atoms with Crippen LogP contribution in [0.25, 0.3) is 0 Å². The van der Waals surface area contributed by atoms with Crippen LogP contribution in [0, 0.1) is 12.5 Å². The lowest BCUT2D eigenvalue weighted by Gasteiger charge is -2.09. The molecule has 1 aromatic carbocycles. The van der Waals surface area contributed by atoms with E-state index in [0.29, 0.717) is 0 Å². The monoisotopic (exact) mass is 179 g/mol. The number of thiocarbonyl (C=S) groups is 1. The smallest absolute Gasteiger partial charge is 0.0937 e. The molecule has 0 unspecified atom stereocenters. The molecular formula is C8H9N3S. The molecule has 1 N–H and O–H groups in total. The second-order valence-corrected chi connectivity index (χ2v) is 2.60. The van der Waals surface area contributed by atoms with Gasteiger partial charge in [0.1, 0.15) is 0 Å². The molecule has 0 aliphatic carbocycles. The van der Waals surface area contributed by atoms with Crippen molar-refractivity contribution in [2.75, 3.05) is 5.01 Å². The van der Waals surface area contributed by atoms with Gasteiger partial charge in [-0.25, -0.2) is 5.01 Å². The predicted molar refractivity (Wildman–Crippen MR) is 52.5 cm³/mol. The van der Waals surface area contributed by atoms with E-state index < -0.39 is 0 Å². The van der Waals surface area contributed by atoms with Crippen molar-refractivity contribution in [3.05, 3.63) is 29.8 Å². The molecule has 0 amide bonds. The summed E-state index contributed by atoms with van der Waals surface area (Å²) in [5.41, 5.74) is 10.1. The highest BCUT2D eigenvalue weighted by molar-refractivity contribution is 7.79. The third kappa shape index (κ3) is 1.85. The molecule has 0 saturated carbocycles. The fraction of sp³-hybridized carbons (Fsp3) is 0.125. The zero-order chi connectivity index (χ0) is 8.97. The number of nitrogens with one attached hydrogen (secondary N) is 1. The van der Waals surface area contributed by atoms with Gasteiger partial charge in [0.2, 0.25) is 0 Å². The van der Waals surface area contributed by atoms with E-state index in [1.165, 1.54) is 16.1 Å². The van der Waals surface area contributed by atoms with Gasteiger partial charge >= 0.3 is 0 Å². The van der Waals surface area contributed by atoms with Crippen molar-refractivity contribution in [3.8, 4) is 0 Å². The third-order valence-electron chi connectivity index (χ3n) is 1.51. The highest BCUT2D eigenvalue weighted by Gasteiger charge is 1.98. The van der Waals surface area contributed by atoms with E-state index in [2.05, 4.69) is 17.4 Å². The molecule has 0 aromatic heterocycles. The van der Waals surface area contributed by atoms with Gasteiger partial charge in [-0.1, -0.05) is 35.1 Å². The Morgan fingerprint density at radius 1 is 1.42 bits per heavy atom. The average Bonchev–Trinajstić information content (AvgIpc) is 2.10. The van der Waals surface area contributed by atoms with E-state index >= 15 is 0 Å². The number of anilines is 1. The van der Waals surface area contributed by atoms with Crippen molar-refractivity contribution in [2.45, 2.75) is 6.92 Å². The first kappa shape index (κ1) is 8.80. The Morgan fingerprint density at radius 3 is 2.42 bits per heavy atom. The molecule has 0 aliphatic rings. The Labute approximate surface area is 76.5 Å². The molecule has 0 radical (unpaired) electrons. The minimum absolute atomic E-state index is 0.811. The number of aryl methyl sites for hydroxylation is 1. The first-order valence-corrected chi connectivity index (χ1v) is 3.93. The van der Waals surface area contributed by atoms with E-state index in [1.807, 2.05) is 31.2 Å². The van der Waals surface area contributed by atoms with Crippen LogP contribution in [0.15, 0.2) is 29.5 Å². The lowest BCUT2D eigenvalue weighted by atomic mass is 10.2. The minimum atomic E-state index is 0.811. The van der Waals surface area contributed by atoms with Crippen LogP contribution >= 0.6 is 12.2 Å². The van der Waals surface area contributed by atoms with Crippen molar-refractivity contribution < 1.29 is 0 Å². The zero-order valence-electron chi connectivity index (χ0n) is 6.69. The van der Waals surface area contributed by atoms with E-state index in [-0.39, 0.29) is 0 Å². The van der Waals surface area contributed by atoms with E-state index in [9.17, 15) is 0 Å². The van der Waals surface area contributed by atoms with Gasteiger partial charge in [-0.2, -0.15) is 5.53 Å². The van der Waals surface area contributed by atoms with E-state index in [4.69, 9.17) is 5.53 Å². The van der Waals surface area contributed by atoms with Crippen LogP contribution in [0.2, 0.25) is 0 Å². The number of nitrogens with zero attached hydrogens (tertiary/aromatic N) is 2. The minimum Gasteiger partial charge on any atom is -0.212 e. The van der Waals surface area contributed by atoms with Gasteiger partial charge in [-0.15, -0.1) is 0 Å². The second-order valence-electron chi connectivity index (χ2n) is 2.39. The van der Waals surface area contributed by atoms with Gasteiger partial charge in [-0.05, 0) is 19.1 Å². The van der Waals surface area contributed by atoms with Crippen molar-refractivity contribution in [1.82, 2.24) is 0 Å². The van der Waals surface area contributed by atoms with Crippen LogP contribution in [0.5, 0.6) is 0 Å². The van der Waals surface area contributed by atoms with Crippen molar-refractivity contribution >= 4 is 23.4 Å². The quantitative estimate of drug-likeness (QED) is 0.440. The summed E-state index contributed by atoms with van der Waals surface area (Å²) < 4.78 is 0. The molecule has 1 aromatic rings. The van der Waals surface area contributed by atoms with Crippen LogP contribution < -0.4 is 5.01 Å². The highest BCUT2D eigenvalue weighted by atomic mass is 32.1. The van der Waals surface area contributed by atoms with Crippen LogP contribution in [0.4, 0.5) is 5.69 Å². The largest absolute Gasteiger partial charge is 0.212 e. The molecule has 0 aliphatic heterocycles. The van der Waals surface area contributed by atoms with Crippen LogP contribution in [-0.4, -0.2) is 5.49 Å². The maximum atomic E-state index is 6.80. The summed E-state index contributed by atoms with van der Waals surface area (Å²) in [6.07, 6.45) is 0. The normalized spacial score (nSPS) is 9.08. The number of benzene rings is 1. The van der Waals surface area contributed by atoms with Gasteiger partial charge in [0.25, 0.3) is 0 Å². The molecule has 0 spiro atoms. The fourth-order valence-corrected chi connectivity index (χ4v) is 1.01. The van der Waals surface area contributed by atoms with E-state index in [0.717, 1.165) is 5.69 Å². The van der Waals surface area contributed by atoms with Gasteiger partial charge < -0.3 is 0 Å². The van der Waals surface area contributed by atoms with Gasteiger partial charge in [0.15, 0.2) is 0 Å². The maximum absolute atomic E-state index is 6.80. The fourth-order valence-electron chi connectivity index (χ4n) is 0.840. The molecule has 0 atom stereocenters. The van der Waals surface area contributed by atoms with E-state index in [1.54, 1.807) is 0 Å². The number of hydrogen-bond donors (Lipinski definition) is 1. The summed E-state index contributed by atoms with van der Waals surface area (Å²) in [6, 6.07) is 7.64. The second kappa shape index (κ2) is 3.92. The van der Waals surface area contributed by atoms with Crippen molar-refractivity contribution in [2.24, 2.45) is 5.22 Å². The predicted octanol–water partition coefficient (Wildman–Crippen LogP) is 2.70. The molecule has 62 valence electrons. The van der Waals surface area contributed by atoms with Gasteiger partial charge in [-0.3, -0.25) is 0 Å². The summed E-state index contributed by atoms with van der Waals surface area (Å²) in [4.78, 5) is 0. The molecule has 0 heterocycles. The van der Waals surface area contributed by atoms with Crippen LogP contribution in [0.1, 0.15) is 5.56 Å². The van der Waals surface area contributed by atoms with Gasteiger partial charge in [0, 0.05) is 0 Å². The summed E-state index contributed by atoms with van der Waals surface area (Å²) in [5.74, 6) is 0. The summed E-state index contributed by atoms with van der Waals surface area (Å²) >= 11 is 4.67. The average molecular weight is 179 g/mol. The lowest BCUT2D eigenvalue weighted by Crippen LogP contribution is -2.09. The Morgan fingerprint density at radius 2 is 2.00 bits per heavy atom. The first-order chi connectivity index (χ1) is 5.77. The standard InChI is InChI=1S/C8H9N3S/c1-7-2-4-8(5-3-7)11(6-12)10-9/h2-6,9H,1H3. The Bertz CT molecular complexity index is 273. The van der Waals surface area contributed by atoms with Crippen molar-refractivity contribution in [1.29, 1.82) is 5.53 Å². The Hall–Kier alpha value is -1.29. The molecule has 4 heteroatoms. The molecular weight excluding hydrogens is 170 g/mol. The third-order valence-corrected chi connectivity index (χ3v) is 1.71. The Kier molecular flexibility index (Phi) is 2.88. The number of rotatable bonds is 3. The molecule has 1 rings (SSSR count). The topological polar surface area (TPSA) is 39.5 Å². The Balaban J connectivity index is 2.94. The first-order valence-electron chi connectivity index (χ1n) is 3.46. The molecule has 3 nitrogen and oxygen atoms in total. The molecule has 0 fully saturated rings. The molecule has 0 bridgehead atoms. The number of hydrogen-bond acceptors (Lipinski definition) is 3. The van der Waals surface area contributed by atoms with Crippen molar-refractivity contribution in [3.63, 3.8) is 0 Å².